The number of hydrogen-bond acceptors (Lipinski definition) is 2. The van der Waals surface area contributed by atoms with Crippen LogP contribution < -0.4 is 5.56 Å². The van der Waals surface area contributed by atoms with Gasteiger partial charge in [0, 0.05) is 10.6 Å². The Morgan fingerprint density at radius 1 is 1.53 bits per heavy atom. The summed E-state index contributed by atoms with van der Waals surface area (Å²) < 4.78 is 0. The predicted molar refractivity (Wildman–Crippen MR) is 65.9 cm³/mol. The lowest BCUT2D eigenvalue weighted by atomic mass is 10.1. The van der Waals surface area contributed by atoms with E-state index in [0.29, 0.717) is 21.9 Å². The number of aromatic nitrogens is 2. The smallest absolute Gasteiger partial charge is 0.267 e. The summed E-state index contributed by atoms with van der Waals surface area (Å²) in [4.78, 5) is 11.2. The van der Waals surface area contributed by atoms with Gasteiger partial charge in [-0.1, -0.05) is 44.7 Å². The van der Waals surface area contributed by atoms with Crippen molar-refractivity contribution in [3.8, 4) is 0 Å². The fourth-order valence-electron chi connectivity index (χ4n) is 1.10. The second-order valence-electron chi connectivity index (χ2n) is 2.54. The Bertz CT molecular complexity index is 421. The molecule has 15 heavy (non-hydrogen) atoms. The quantitative estimate of drug-likeness (QED) is 0.843. The minimum Gasteiger partial charge on any atom is -0.267 e. The van der Waals surface area contributed by atoms with Gasteiger partial charge in [0.1, 0.15) is 0 Å². The Kier molecular flexibility index (Phi) is 5.64. The molecule has 0 aliphatic heterocycles. The molecule has 1 heterocycles. The van der Waals surface area contributed by atoms with Crippen LogP contribution in [-0.2, 0) is 0 Å². The lowest BCUT2D eigenvalue weighted by Crippen LogP contribution is -2.15. The van der Waals surface area contributed by atoms with Gasteiger partial charge in [0.2, 0.25) is 0 Å². The standard InChI is InChI=1S/C9H9ClN2O.C2H6/c1-4-7-8(5(2)10)6(3)11-12-9(7)13;1-2/h4H,1-2H2,3H3,(H,12,13);1-2H3. The molecule has 82 valence electrons. The first-order valence-corrected chi connectivity index (χ1v) is 5.02. The van der Waals surface area contributed by atoms with Gasteiger partial charge in [0.25, 0.3) is 5.56 Å². The summed E-state index contributed by atoms with van der Waals surface area (Å²) in [5.41, 5.74) is 1.29. The van der Waals surface area contributed by atoms with Gasteiger partial charge in [0.15, 0.2) is 0 Å². The third-order valence-corrected chi connectivity index (χ3v) is 1.87. The highest BCUT2D eigenvalue weighted by molar-refractivity contribution is 6.48. The van der Waals surface area contributed by atoms with Crippen molar-refractivity contribution >= 4 is 22.7 Å². The number of nitrogens with one attached hydrogen (secondary N) is 1. The minimum atomic E-state index is -0.308. The molecule has 0 aromatic carbocycles. The van der Waals surface area contributed by atoms with Crippen LogP contribution in [0.15, 0.2) is 18.0 Å². The van der Waals surface area contributed by atoms with Crippen molar-refractivity contribution in [1.29, 1.82) is 0 Å². The third-order valence-electron chi connectivity index (χ3n) is 1.68. The second kappa shape index (κ2) is 6.19. The van der Waals surface area contributed by atoms with Crippen LogP contribution in [0.25, 0.3) is 11.1 Å². The number of hydrogen-bond donors (Lipinski definition) is 1. The van der Waals surface area contributed by atoms with Crippen molar-refractivity contribution in [3.05, 3.63) is 40.3 Å². The van der Waals surface area contributed by atoms with Crippen LogP contribution in [0, 0.1) is 6.92 Å². The third kappa shape index (κ3) is 3.06. The molecule has 1 aromatic heterocycles. The molecule has 3 nitrogen and oxygen atoms in total. The Morgan fingerprint density at radius 2 is 2.07 bits per heavy atom. The Balaban J connectivity index is 0.000000921. The fourth-order valence-corrected chi connectivity index (χ4v) is 1.33. The summed E-state index contributed by atoms with van der Waals surface area (Å²) >= 11 is 5.73. The highest BCUT2D eigenvalue weighted by atomic mass is 35.5. The Morgan fingerprint density at radius 3 is 2.40 bits per heavy atom. The molecule has 1 aromatic rings. The zero-order valence-electron chi connectivity index (χ0n) is 9.22. The van der Waals surface area contributed by atoms with E-state index in [1.165, 1.54) is 6.08 Å². The van der Waals surface area contributed by atoms with Gasteiger partial charge < -0.3 is 0 Å². The van der Waals surface area contributed by atoms with Crippen LogP contribution in [0.2, 0.25) is 0 Å². The van der Waals surface area contributed by atoms with Gasteiger partial charge in [-0.05, 0) is 6.92 Å². The average molecular weight is 227 g/mol. The summed E-state index contributed by atoms with van der Waals surface area (Å²) in [5, 5.41) is 6.41. The van der Waals surface area contributed by atoms with Gasteiger partial charge >= 0.3 is 0 Å². The number of aromatic amines is 1. The van der Waals surface area contributed by atoms with Gasteiger partial charge in [-0.25, -0.2) is 5.10 Å². The minimum absolute atomic E-state index is 0.297. The molecule has 0 saturated carbocycles. The molecular weight excluding hydrogens is 212 g/mol. The van der Waals surface area contributed by atoms with E-state index in [0.717, 1.165) is 0 Å². The van der Waals surface area contributed by atoms with Crippen molar-refractivity contribution in [2.45, 2.75) is 20.8 Å². The average Bonchev–Trinajstić information content (AvgIpc) is 2.23. The van der Waals surface area contributed by atoms with E-state index in [9.17, 15) is 4.79 Å². The van der Waals surface area contributed by atoms with Gasteiger partial charge in [-0.3, -0.25) is 4.79 Å². The first-order chi connectivity index (χ1) is 7.07. The van der Waals surface area contributed by atoms with Crippen LogP contribution in [0.1, 0.15) is 30.7 Å². The molecule has 0 aliphatic carbocycles. The van der Waals surface area contributed by atoms with Gasteiger partial charge in [0.05, 0.1) is 11.3 Å². The van der Waals surface area contributed by atoms with Crippen LogP contribution in [0.5, 0.6) is 0 Å². The SMILES string of the molecule is C=Cc1c(C(=C)Cl)c(C)n[nH]c1=O.CC. The largest absolute Gasteiger partial charge is 0.272 e. The number of aryl methyl sites for hydroxylation is 1. The van der Waals surface area contributed by atoms with Gasteiger partial charge in [-0.2, -0.15) is 5.10 Å². The molecule has 0 radical (unpaired) electrons. The maximum absolute atomic E-state index is 11.2. The summed E-state index contributed by atoms with van der Waals surface area (Å²) in [6.07, 6.45) is 1.44. The first kappa shape index (κ1) is 13.7. The van der Waals surface area contributed by atoms with E-state index in [1.807, 2.05) is 13.8 Å². The highest BCUT2D eigenvalue weighted by Gasteiger charge is 2.09. The van der Waals surface area contributed by atoms with Gasteiger partial charge in [-0.15, -0.1) is 0 Å². The molecule has 0 fully saturated rings. The normalized spacial score (nSPS) is 8.80. The number of nitrogens with zero attached hydrogens (tertiary/aromatic N) is 1. The first-order valence-electron chi connectivity index (χ1n) is 4.64. The highest BCUT2D eigenvalue weighted by Crippen LogP contribution is 2.21. The lowest BCUT2D eigenvalue weighted by Gasteiger charge is -2.04. The Labute approximate surface area is 94.5 Å². The summed E-state index contributed by atoms with van der Waals surface area (Å²) in [6, 6.07) is 0. The molecular formula is C11H15ClN2O. The topological polar surface area (TPSA) is 45.8 Å². The molecule has 1 N–H and O–H groups in total. The van der Waals surface area contributed by atoms with E-state index in [1.54, 1.807) is 6.92 Å². The van der Waals surface area contributed by atoms with Crippen LogP contribution in [-0.4, -0.2) is 10.2 Å². The van der Waals surface area contributed by atoms with E-state index < -0.39 is 0 Å². The van der Waals surface area contributed by atoms with E-state index in [-0.39, 0.29) is 5.56 Å². The maximum Gasteiger partial charge on any atom is 0.272 e. The zero-order valence-corrected chi connectivity index (χ0v) is 9.98. The van der Waals surface area contributed by atoms with E-state index in [4.69, 9.17) is 11.6 Å². The molecule has 0 saturated heterocycles. The van der Waals surface area contributed by atoms with Crippen molar-refractivity contribution in [2.24, 2.45) is 0 Å². The molecule has 0 atom stereocenters. The molecule has 0 spiro atoms. The predicted octanol–water partition coefficient (Wildman–Crippen LogP) is 2.96. The summed E-state index contributed by atoms with van der Waals surface area (Å²) in [7, 11) is 0. The monoisotopic (exact) mass is 226 g/mol. The van der Waals surface area contributed by atoms with Crippen molar-refractivity contribution < 1.29 is 0 Å². The fraction of sp³-hybridized carbons (Fsp3) is 0.273. The molecule has 4 heteroatoms. The maximum atomic E-state index is 11.2. The van der Waals surface area contributed by atoms with Crippen molar-refractivity contribution in [1.82, 2.24) is 10.2 Å². The van der Waals surface area contributed by atoms with Crippen LogP contribution >= 0.6 is 11.6 Å². The summed E-state index contributed by atoms with van der Waals surface area (Å²) in [6.45, 7) is 12.8. The van der Waals surface area contributed by atoms with E-state index in [2.05, 4.69) is 23.4 Å². The zero-order chi connectivity index (χ0) is 12.0. The van der Waals surface area contributed by atoms with Crippen molar-refractivity contribution in [2.75, 3.05) is 0 Å². The Hall–Kier alpha value is -1.35. The molecule has 0 amide bonds. The molecule has 1 rings (SSSR count). The van der Waals surface area contributed by atoms with E-state index >= 15 is 0 Å². The lowest BCUT2D eigenvalue weighted by molar-refractivity contribution is 0.936. The number of rotatable bonds is 2. The summed E-state index contributed by atoms with van der Waals surface area (Å²) in [5.74, 6) is 0. The molecule has 0 aliphatic rings. The second-order valence-corrected chi connectivity index (χ2v) is 2.99. The van der Waals surface area contributed by atoms with Crippen LogP contribution in [0.4, 0.5) is 0 Å². The molecule has 0 bridgehead atoms. The van der Waals surface area contributed by atoms with Crippen LogP contribution in [0.3, 0.4) is 0 Å². The number of H-pyrrole nitrogens is 1. The number of halogens is 1. The molecule has 0 unspecified atom stereocenters. The van der Waals surface area contributed by atoms with Crippen molar-refractivity contribution in [3.63, 3.8) is 0 Å².